The molecule has 0 aliphatic heterocycles. The summed E-state index contributed by atoms with van der Waals surface area (Å²) in [5.41, 5.74) is 2.55. The number of sulfonamides is 1. The highest BCUT2D eigenvalue weighted by Crippen LogP contribution is 2.30. The van der Waals surface area contributed by atoms with E-state index in [4.69, 9.17) is 11.6 Å². The zero-order valence-corrected chi connectivity index (χ0v) is 20.1. The van der Waals surface area contributed by atoms with E-state index in [1.165, 1.54) is 22.5 Å². The fourth-order valence-corrected chi connectivity index (χ4v) is 5.04. The molecule has 8 heteroatoms. The summed E-state index contributed by atoms with van der Waals surface area (Å²) in [6.45, 7) is 4.01. The molecule has 3 rings (SSSR count). The fraction of sp³-hybridized carbons (Fsp3) is 0.160. The van der Waals surface area contributed by atoms with Crippen LogP contribution in [0.15, 0.2) is 90.3 Å². The summed E-state index contributed by atoms with van der Waals surface area (Å²) in [5.74, 6) is -0.365. The Kier molecular flexibility index (Phi) is 7.79. The van der Waals surface area contributed by atoms with Crippen LogP contribution >= 0.6 is 11.6 Å². The van der Waals surface area contributed by atoms with E-state index in [0.29, 0.717) is 17.3 Å². The van der Waals surface area contributed by atoms with Gasteiger partial charge >= 0.3 is 0 Å². The lowest BCUT2D eigenvalue weighted by Crippen LogP contribution is -2.31. The van der Waals surface area contributed by atoms with Crippen LogP contribution in [-0.4, -0.2) is 35.0 Å². The van der Waals surface area contributed by atoms with Crippen LogP contribution < -0.4 is 14.5 Å². The van der Waals surface area contributed by atoms with Gasteiger partial charge in [-0.05, 0) is 48.0 Å². The van der Waals surface area contributed by atoms with Gasteiger partial charge in [0.15, 0.2) is 0 Å². The van der Waals surface area contributed by atoms with E-state index in [1.54, 1.807) is 36.4 Å². The maximum absolute atomic E-state index is 13.4. The van der Waals surface area contributed by atoms with E-state index in [1.807, 2.05) is 43.3 Å². The number of anilines is 2. The average Bonchev–Trinajstić information content (AvgIpc) is 2.81. The number of benzene rings is 3. The van der Waals surface area contributed by atoms with Gasteiger partial charge < -0.3 is 10.2 Å². The molecule has 3 aromatic carbocycles. The Labute approximate surface area is 200 Å². The lowest BCUT2D eigenvalue weighted by atomic mass is 10.1. The summed E-state index contributed by atoms with van der Waals surface area (Å²) in [6.07, 6.45) is 1.49. The summed E-state index contributed by atoms with van der Waals surface area (Å²) in [7, 11) is -0.0922. The van der Waals surface area contributed by atoms with Crippen LogP contribution in [0, 0.1) is 0 Å². The number of carbonyl (C=O) groups is 1. The summed E-state index contributed by atoms with van der Waals surface area (Å²) < 4.78 is 28.0. The van der Waals surface area contributed by atoms with Gasteiger partial charge in [-0.2, -0.15) is 0 Å². The number of nitrogens with one attached hydrogen (secondary N) is 1. The first kappa shape index (κ1) is 24.4. The van der Waals surface area contributed by atoms with Crippen molar-refractivity contribution in [3.63, 3.8) is 0 Å². The first-order chi connectivity index (χ1) is 15.7. The Morgan fingerprint density at radius 1 is 1.03 bits per heavy atom. The molecule has 0 bridgehead atoms. The normalized spacial score (nSPS) is 11.0. The lowest BCUT2D eigenvalue weighted by Gasteiger charge is -2.24. The Bertz CT molecular complexity index is 1260. The number of hydrogen-bond donors (Lipinski definition) is 1. The molecule has 0 spiro atoms. The van der Waals surface area contributed by atoms with Crippen molar-refractivity contribution in [2.24, 2.45) is 0 Å². The van der Waals surface area contributed by atoms with Crippen LogP contribution in [-0.2, 0) is 16.6 Å². The highest BCUT2D eigenvalue weighted by molar-refractivity contribution is 7.92. The third-order valence-corrected chi connectivity index (χ3v) is 7.08. The molecule has 0 fully saturated rings. The number of nitrogens with zero attached hydrogens (tertiary/aromatic N) is 2. The standard InChI is InChI=1S/C25H26ClN3O3S/c1-4-15-29(24-14-6-5-13-23(24)26)33(31,32)22-12-8-10-20(17-22)25(30)27-18-19-9-7-11-21(16-19)28(2)3/h4-14,16-17H,1,15,18H2,2-3H3,(H,27,30). The third-order valence-electron chi connectivity index (χ3n) is 4.98. The van der Waals surface area contributed by atoms with Crippen LogP contribution in [0.4, 0.5) is 11.4 Å². The molecule has 172 valence electrons. The van der Waals surface area contributed by atoms with Crippen molar-refractivity contribution in [1.82, 2.24) is 5.32 Å². The molecule has 0 unspecified atom stereocenters. The van der Waals surface area contributed by atoms with E-state index in [-0.39, 0.29) is 22.9 Å². The minimum atomic E-state index is -3.98. The van der Waals surface area contributed by atoms with Gasteiger partial charge in [0.2, 0.25) is 0 Å². The second kappa shape index (κ2) is 10.6. The van der Waals surface area contributed by atoms with Crippen molar-refractivity contribution >= 4 is 38.9 Å². The van der Waals surface area contributed by atoms with Gasteiger partial charge in [-0.15, -0.1) is 6.58 Å². The first-order valence-corrected chi connectivity index (χ1v) is 12.1. The summed E-state index contributed by atoms with van der Waals surface area (Å²) in [6, 6.07) is 20.5. The van der Waals surface area contributed by atoms with Crippen LogP contribution in [0.25, 0.3) is 0 Å². The van der Waals surface area contributed by atoms with Gasteiger partial charge in [0.1, 0.15) is 0 Å². The van der Waals surface area contributed by atoms with Crippen molar-refractivity contribution < 1.29 is 13.2 Å². The minimum Gasteiger partial charge on any atom is -0.378 e. The maximum Gasteiger partial charge on any atom is 0.264 e. The number of rotatable bonds is 9. The van der Waals surface area contributed by atoms with Crippen molar-refractivity contribution in [3.8, 4) is 0 Å². The van der Waals surface area contributed by atoms with Crippen molar-refractivity contribution in [1.29, 1.82) is 0 Å². The lowest BCUT2D eigenvalue weighted by molar-refractivity contribution is 0.0950. The van der Waals surface area contributed by atoms with Gasteiger partial charge in [-0.1, -0.05) is 48.0 Å². The van der Waals surface area contributed by atoms with Crippen LogP contribution in [0.3, 0.4) is 0 Å². The predicted octanol–water partition coefficient (Wildman–Crippen LogP) is 4.72. The van der Waals surface area contributed by atoms with Gasteiger partial charge in [-0.3, -0.25) is 9.10 Å². The molecule has 0 atom stereocenters. The van der Waals surface area contributed by atoms with Crippen LogP contribution in [0.2, 0.25) is 5.02 Å². The Hall–Kier alpha value is -3.29. The number of carbonyl (C=O) groups excluding carboxylic acids is 1. The van der Waals surface area contributed by atoms with Gasteiger partial charge in [0, 0.05) is 31.9 Å². The smallest absolute Gasteiger partial charge is 0.264 e. The molecule has 1 N–H and O–H groups in total. The fourth-order valence-electron chi connectivity index (χ4n) is 3.25. The van der Waals surface area contributed by atoms with E-state index in [9.17, 15) is 13.2 Å². The Morgan fingerprint density at radius 3 is 2.45 bits per heavy atom. The molecular formula is C25H26ClN3O3S. The Morgan fingerprint density at radius 2 is 1.76 bits per heavy atom. The van der Waals surface area contributed by atoms with Crippen LogP contribution in [0.5, 0.6) is 0 Å². The highest BCUT2D eigenvalue weighted by atomic mass is 35.5. The minimum absolute atomic E-state index is 0.00785. The highest BCUT2D eigenvalue weighted by Gasteiger charge is 2.26. The zero-order valence-electron chi connectivity index (χ0n) is 18.5. The second-order valence-electron chi connectivity index (χ2n) is 7.55. The molecule has 0 aliphatic carbocycles. The quantitative estimate of drug-likeness (QED) is 0.447. The van der Waals surface area contributed by atoms with E-state index in [2.05, 4.69) is 11.9 Å². The van der Waals surface area contributed by atoms with E-state index >= 15 is 0 Å². The number of para-hydroxylation sites is 1. The van der Waals surface area contributed by atoms with Gasteiger partial charge in [0.05, 0.1) is 22.2 Å². The zero-order chi connectivity index (χ0) is 24.0. The van der Waals surface area contributed by atoms with Gasteiger partial charge in [-0.25, -0.2) is 8.42 Å². The average molecular weight is 484 g/mol. The van der Waals surface area contributed by atoms with Crippen molar-refractivity contribution in [2.45, 2.75) is 11.4 Å². The maximum atomic E-state index is 13.4. The number of hydrogen-bond acceptors (Lipinski definition) is 4. The SMILES string of the molecule is C=CCN(c1ccccc1Cl)S(=O)(=O)c1cccc(C(=O)NCc2cccc(N(C)C)c2)c1. The molecular weight excluding hydrogens is 458 g/mol. The van der Waals surface area contributed by atoms with Crippen molar-refractivity contribution in [2.75, 3.05) is 29.8 Å². The number of amides is 1. The topological polar surface area (TPSA) is 69.7 Å². The molecule has 0 aromatic heterocycles. The third kappa shape index (κ3) is 5.74. The van der Waals surface area contributed by atoms with E-state index < -0.39 is 10.0 Å². The van der Waals surface area contributed by atoms with E-state index in [0.717, 1.165) is 11.3 Å². The van der Waals surface area contributed by atoms with Crippen LogP contribution in [0.1, 0.15) is 15.9 Å². The summed E-state index contributed by atoms with van der Waals surface area (Å²) in [4.78, 5) is 14.7. The molecule has 3 aromatic rings. The van der Waals surface area contributed by atoms with Gasteiger partial charge in [0.25, 0.3) is 15.9 Å². The molecule has 0 heterocycles. The molecule has 0 aliphatic rings. The largest absolute Gasteiger partial charge is 0.378 e. The van der Waals surface area contributed by atoms with Crippen molar-refractivity contribution in [3.05, 3.63) is 102 Å². The summed E-state index contributed by atoms with van der Waals surface area (Å²) >= 11 is 6.25. The molecule has 0 radical (unpaired) electrons. The second-order valence-corrected chi connectivity index (χ2v) is 9.82. The monoisotopic (exact) mass is 483 g/mol. The predicted molar refractivity (Wildman–Crippen MR) is 135 cm³/mol. The molecule has 0 saturated heterocycles. The molecule has 1 amide bonds. The summed E-state index contributed by atoms with van der Waals surface area (Å²) in [5, 5.41) is 3.15. The number of halogens is 1. The molecule has 6 nitrogen and oxygen atoms in total. The first-order valence-electron chi connectivity index (χ1n) is 10.3. The molecule has 33 heavy (non-hydrogen) atoms. The molecule has 0 saturated carbocycles. The Balaban J connectivity index is 1.84.